The molecule has 0 saturated heterocycles. The second kappa shape index (κ2) is 4.27. The molecule has 0 aromatic heterocycles. The molecule has 8 heteroatoms. The molecule has 0 aliphatic rings. The van der Waals surface area contributed by atoms with Crippen LogP contribution in [0.5, 0.6) is 0 Å². The van der Waals surface area contributed by atoms with E-state index in [9.17, 15) is 31.1 Å². The number of rotatable bonds is 1. The average molecular weight is 257 g/mol. The van der Waals surface area contributed by atoms with Gasteiger partial charge >= 0.3 is 6.18 Å². The second-order valence-electron chi connectivity index (χ2n) is 3.09. The highest BCUT2D eigenvalue weighted by Gasteiger charge is 2.37. The molecule has 1 N–H and O–H groups in total. The molecule has 0 saturated carbocycles. The van der Waals surface area contributed by atoms with Crippen LogP contribution in [0.15, 0.2) is 6.07 Å². The number of carbonyl (C=O) groups is 1. The van der Waals surface area contributed by atoms with Crippen molar-refractivity contribution in [3.05, 3.63) is 29.1 Å². The third-order valence-corrected chi connectivity index (χ3v) is 1.76. The third kappa shape index (κ3) is 2.69. The van der Waals surface area contributed by atoms with Gasteiger partial charge in [0.1, 0.15) is 5.69 Å². The van der Waals surface area contributed by atoms with Crippen molar-refractivity contribution in [2.75, 3.05) is 5.32 Å². The molecule has 0 aliphatic heterocycles. The molecule has 0 unspecified atom stereocenters. The quantitative estimate of drug-likeness (QED) is 0.608. The zero-order chi connectivity index (χ0) is 13.4. The van der Waals surface area contributed by atoms with Gasteiger partial charge in [-0.15, -0.1) is 0 Å². The Hall–Kier alpha value is -1.73. The number of benzene rings is 1. The zero-order valence-electron chi connectivity index (χ0n) is 8.25. The molecule has 0 atom stereocenters. The van der Waals surface area contributed by atoms with E-state index in [4.69, 9.17) is 0 Å². The van der Waals surface area contributed by atoms with Crippen LogP contribution in [-0.2, 0) is 11.0 Å². The summed E-state index contributed by atoms with van der Waals surface area (Å²) in [6, 6.07) is -0.219. The maximum absolute atomic E-state index is 13.1. The van der Waals surface area contributed by atoms with Crippen LogP contribution in [0.1, 0.15) is 12.5 Å². The van der Waals surface area contributed by atoms with Crippen LogP contribution in [0.2, 0.25) is 0 Å². The Kier molecular flexibility index (Phi) is 3.35. The fraction of sp³-hybridized carbons (Fsp3) is 0.222. The molecular formula is C9H5F6NO. The van der Waals surface area contributed by atoms with E-state index in [1.54, 1.807) is 5.32 Å². The van der Waals surface area contributed by atoms with Crippen LogP contribution >= 0.6 is 0 Å². The third-order valence-electron chi connectivity index (χ3n) is 1.76. The first kappa shape index (κ1) is 13.3. The highest BCUT2D eigenvalue weighted by atomic mass is 19.4. The van der Waals surface area contributed by atoms with Gasteiger partial charge in [0.25, 0.3) is 0 Å². The first-order chi connectivity index (χ1) is 7.64. The van der Waals surface area contributed by atoms with Gasteiger partial charge in [-0.25, -0.2) is 13.2 Å². The molecule has 1 aromatic rings. The number of carbonyl (C=O) groups excluding carboxylic acids is 1. The van der Waals surface area contributed by atoms with Crippen molar-refractivity contribution in [2.24, 2.45) is 0 Å². The Balaban J connectivity index is 3.42. The van der Waals surface area contributed by atoms with Crippen LogP contribution in [-0.4, -0.2) is 5.91 Å². The molecule has 0 fully saturated rings. The SMILES string of the molecule is CC(=O)Nc1c(F)cc(C(F)(F)F)c(F)c1F. The Morgan fingerprint density at radius 3 is 2.12 bits per heavy atom. The predicted octanol–water partition coefficient (Wildman–Crippen LogP) is 3.08. The predicted molar refractivity (Wildman–Crippen MR) is 45.6 cm³/mol. The number of hydrogen-bond acceptors (Lipinski definition) is 1. The minimum absolute atomic E-state index is 0.219. The number of halogens is 6. The molecule has 0 bridgehead atoms. The Labute approximate surface area is 91.2 Å². The lowest BCUT2D eigenvalue weighted by molar-refractivity contribution is -0.140. The van der Waals surface area contributed by atoms with Gasteiger partial charge in [0.2, 0.25) is 5.91 Å². The van der Waals surface area contributed by atoms with E-state index in [1.807, 2.05) is 0 Å². The number of amides is 1. The highest BCUT2D eigenvalue weighted by Crippen LogP contribution is 2.35. The summed E-state index contributed by atoms with van der Waals surface area (Å²) in [5.74, 6) is -7.00. The summed E-state index contributed by atoms with van der Waals surface area (Å²) in [7, 11) is 0. The smallest absolute Gasteiger partial charge is 0.321 e. The Bertz CT molecular complexity index is 468. The van der Waals surface area contributed by atoms with Crippen molar-refractivity contribution in [1.29, 1.82) is 0 Å². The summed E-state index contributed by atoms with van der Waals surface area (Å²) < 4.78 is 75.5. The summed E-state index contributed by atoms with van der Waals surface area (Å²) >= 11 is 0. The van der Waals surface area contributed by atoms with E-state index in [0.29, 0.717) is 0 Å². The monoisotopic (exact) mass is 257 g/mol. The molecular weight excluding hydrogens is 252 g/mol. The van der Waals surface area contributed by atoms with Gasteiger partial charge in [-0.1, -0.05) is 0 Å². The van der Waals surface area contributed by atoms with Crippen molar-refractivity contribution >= 4 is 11.6 Å². The topological polar surface area (TPSA) is 29.1 Å². The molecule has 0 heterocycles. The largest absolute Gasteiger partial charge is 0.419 e. The lowest BCUT2D eigenvalue weighted by Gasteiger charge is -2.12. The summed E-state index contributed by atoms with van der Waals surface area (Å²) in [6.45, 7) is 0.869. The van der Waals surface area contributed by atoms with E-state index in [-0.39, 0.29) is 6.07 Å². The van der Waals surface area contributed by atoms with Gasteiger partial charge in [0, 0.05) is 6.92 Å². The van der Waals surface area contributed by atoms with E-state index >= 15 is 0 Å². The minimum Gasteiger partial charge on any atom is -0.321 e. The van der Waals surface area contributed by atoms with Crippen LogP contribution in [0, 0.1) is 17.5 Å². The normalized spacial score (nSPS) is 11.5. The lowest BCUT2D eigenvalue weighted by Crippen LogP contribution is -2.15. The molecule has 0 aliphatic carbocycles. The van der Waals surface area contributed by atoms with E-state index < -0.39 is 40.8 Å². The fourth-order valence-corrected chi connectivity index (χ4v) is 1.09. The maximum Gasteiger partial charge on any atom is 0.419 e. The first-order valence-electron chi connectivity index (χ1n) is 4.17. The second-order valence-corrected chi connectivity index (χ2v) is 3.09. The van der Waals surface area contributed by atoms with Gasteiger partial charge in [0.05, 0.1) is 5.56 Å². The summed E-state index contributed by atoms with van der Waals surface area (Å²) in [6.07, 6.45) is -5.22. The van der Waals surface area contributed by atoms with Gasteiger partial charge in [0.15, 0.2) is 17.5 Å². The number of nitrogens with one attached hydrogen (secondary N) is 1. The van der Waals surface area contributed by atoms with Crippen LogP contribution in [0.25, 0.3) is 0 Å². The molecule has 1 aromatic carbocycles. The Morgan fingerprint density at radius 2 is 1.71 bits per heavy atom. The molecule has 17 heavy (non-hydrogen) atoms. The molecule has 1 rings (SSSR count). The van der Waals surface area contributed by atoms with Gasteiger partial charge in [-0.2, -0.15) is 13.2 Å². The summed E-state index contributed by atoms with van der Waals surface area (Å²) in [5.41, 5.74) is -3.32. The van der Waals surface area contributed by atoms with Crippen LogP contribution < -0.4 is 5.32 Å². The Morgan fingerprint density at radius 1 is 1.18 bits per heavy atom. The van der Waals surface area contributed by atoms with Gasteiger partial charge < -0.3 is 5.32 Å². The molecule has 2 nitrogen and oxygen atoms in total. The highest BCUT2D eigenvalue weighted by molar-refractivity contribution is 5.89. The van der Waals surface area contributed by atoms with Gasteiger partial charge in [-0.05, 0) is 6.07 Å². The van der Waals surface area contributed by atoms with E-state index in [2.05, 4.69) is 0 Å². The number of alkyl halides is 3. The van der Waals surface area contributed by atoms with Crippen molar-refractivity contribution in [3.63, 3.8) is 0 Å². The van der Waals surface area contributed by atoms with Crippen LogP contribution in [0.3, 0.4) is 0 Å². The number of hydrogen-bond donors (Lipinski definition) is 1. The average Bonchev–Trinajstić information content (AvgIpc) is 2.16. The van der Waals surface area contributed by atoms with Crippen molar-refractivity contribution in [2.45, 2.75) is 13.1 Å². The van der Waals surface area contributed by atoms with Crippen molar-refractivity contribution in [1.82, 2.24) is 0 Å². The number of anilines is 1. The standard InChI is InChI=1S/C9H5F6NO/c1-3(17)16-8-5(10)2-4(9(13,14)15)6(11)7(8)12/h2H,1H3,(H,16,17). The fourth-order valence-electron chi connectivity index (χ4n) is 1.09. The molecule has 1 amide bonds. The van der Waals surface area contributed by atoms with E-state index in [1.165, 1.54) is 0 Å². The molecule has 94 valence electrons. The maximum atomic E-state index is 13.1. The van der Waals surface area contributed by atoms with Crippen molar-refractivity contribution in [3.8, 4) is 0 Å². The van der Waals surface area contributed by atoms with Crippen LogP contribution in [0.4, 0.5) is 32.0 Å². The minimum atomic E-state index is -5.22. The molecule has 0 radical (unpaired) electrons. The van der Waals surface area contributed by atoms with Crippen molar-refractivity contribution < 1.29 is 31.1 Å². The first-order valence-corrected chi connectivity index (χ1v) is 4.17. The molecule has 0 spiro atoms. The zero-order valence-corrected chi connectivity index (χ0v) is 8.25. The lowest BCUT2D eigenvalue weighted by atomic mass is 10.1. The van der Waals surface area contributed by atoms with Gasteiger partial charge in [-0.3, -0.25) is 4.79 Å². The van der Waals surface area contributed by atoms with E-state index in [0.717, 1.165) is 6.92 Å². The summed E-state index contributed by atoms with van der Waals surface area (Å²) in [5, 5.41) is 1.56. The summed E-state index contributed by atoms with van der Waals surface area (Å²) in [4.78, 5) is 10.5.